The number of aliphatic hydroxyl groups excluding tert-OH is 1. The van der Waals surface area contributed by atoms with E-state index in [1.54, 1.807) is 6.08 Å². The molecule has 1 N–H and O–H groups in total. The molecule has 1 heterocycles. The van der Waals surface area contributed by atoms with Gasteiger partial charge >= 0.3 is 0 Å². The Hall–Kier alpha value is -2.85. The Labute approximate surface area is 147 Å². The van der Waals surface area contributed by atoms with Crippen LogP contribution < -0.4 is 4.74 Å². The Morgan fingerprint density at radius 1 is 1.08 bits per heavy atom. The van der Waals surface area contributed by atoms with Crippen molar-refractivity contribution >= 4 is 6.08 Å². The van der Waals surface area contributed by atoms with E-state index in [2.05, 4.69) is 4.98 Å². The summed E-state index contributed by atoms with van der Waals surface area (Å²) in [5.74, 6) is 2.28. The predicted molar refractivity (Wildman–Crippen MR) is 98.4 cm³/mol. The Kier molecular flexibility index (Phi) is 5.65. The van der Waals surface area contributed by atoms with Crippen molar-refractivity contribution in [2.45, 2.75) is 13.3 Å². The average molecular weight is 335 g/mol. The van der Waals surface area contributed by atoms with Crippen molar-refractivity contribution in [3.63, 3.8) is 0 Å². The maximum atomic E-state index is 8.78. The minimum Gasteiger partial charge on any atom is -0.493 e. The molecule has 0 bridgehead atoms. The third kappa shape index (κ3) is 4.58. The summed E-state index contributed by atoms with van der Waals surface area (Å²) in [6.45, 7) is 2.50. The summed E-state index contributed by atoms with van der Waals surface area (Å²) in [6.07, 6.45) is 4.26. The summed E-state index contributed by atoms with van der Waals surface area (Å²) in [6, 6.07) is 17.6. The zero-order valence-corrected chi connectivity index (χ0v) is 14.2. The van der Waals surface area contributed by atoms with Gasteiger partial charge in [0.2, 0.25) is 5.89 Å². The van der Waals surface area contributed by atoms with Crippen LogP contribution in [0.2, 0.25) is 0 Å². The second kappa shape index (κ2) is 8.31. The van der Waals surface area contributed by atoms with Crippen molar-refractivity contribution in [2.24, 2.45) is 0 Å². The Morgan fingerprint density at radius 2 is 1.84 bits per heavy atom. The van der Waals surface area contributed by atoms with Crippen molar-refractivity contribution in [3.05, 3.63) is 77.7 Å². The SMILES string of the molecule is Cc1oc(-c2ccccc2)nc1CCOc1ccc(C=CCO)cc1. The first-order chi connectivity index (χ1) is 12.3. The molecule has 1 aromatic heterocycles. The smallest absolute Gasteiger partial charge is 0.226 e. The molecule has 4 heteroatoms. The molecule has 0 saturated heterocycles. The molecule has 2 aromatic carbocycles. The number of ether oxygens (including phenoxy) is 1. The molecule has 0 aliphatic carbocycles. The molecule has 0 fully saturated rings. The highest BCUT2D eigenvalue weighted by Gasteiger charge is 2.11. The lowest BCUT2D eigenvalue weighted by atomic mass is 10.2. The maximum absolute atomic E-state index is 8.78. The molecule has 0 saturated carbocycles. The third-order valence-corrected chi connectivity index (χ3v) is 3.82. The fraction of sp³-hybridized carbons (Fsp3) is 0.190. The zero-order valence-electron chi connectivity index (χ0n) is 14.2. The molecular weight excluding hydrogens is 314 g/mol. The molecule has 0 amide bonds. The molecule has 4 nitrogen and oxygen atoms in total. The fourth-order valence-electron chi connectivity index (χ4n) is 2.49. The van der Waals surface area contributed by atoms with E-state index in [0.29, 0.717) is 18.9 Å². The van der Waals surface area contributed by atoms with Gasteiger partial charge in [0.25, 0.3) is 0 Å². The summed E-state index contributed by atoms with van der Waals surface area (Å²) < 4.78 is 11.5. The molecule has 0 aliphatic rings. The molecule has 0 unspecified atom stereocenters. The quantitative estimate of drug-likeness (QED) is 0.700. The van der Waals surface area contributed by atoms with Gasteiger partial charge in [-0.25, -0.2) is 4.98 Å². The van der Waals surface area contributed by atoms with Crippen molar-refractivity contribution in [1.29, 1.82) is 0 Å². The monoisotopic (exact) mass is 335 g/mol. The molecule has 3 rings (SSSR count). The fourth-order valence-corrected chi connectivity index (χ4v) is 2.49. The van der Waals surface area contributed by atoms with Crippen molar-refractivity contribution in [1.82, 2.24) is 4.98 Å². The number of benzene rings is 2. The predicted octanol–water partition coefficient (Wildman–Crippen LogP) is 4.28. The maximum Gasteiger partial charge on any atom is 0.226 e. The molecule has 0 aliphatic heterocycles. The van der Waals surface area contributed by atoms with Crippen LogP contribution in [-0.4, -0.2) is 23.3 Å². The molecule has 0 spiro atoms. The van der Waals surface area contributed by atoms with E-state index in [1.165, 1.54) is 0 Å². The van der Waals surface area contributed by atoms with Crippen molar-refractivity contribution in [3.8, 4) is 17.2 Å². The Morgan fingerprint density at radius 3 is 2.56 bits per heavy atom. The lowest BCUT2D eigenvalue weighted by Crippen LogP contribution is -2.02. The summed E-state index contributed by atoms with van der Waals surface area (Å²) >= 11 is 0. The summed E-state index contributed by atoms with van der Waals surface area (Å²) in [5.41, 5.74) is 2.92. The van der Waals surface area contributed by atoms with Crippen LogP contribution in [0.5, 0.6) is 5.75 Å². The summed E-state index contributed by atoms with van der Waals surface area (Å²) in [7, 11) is 0. The molecule has 0 atom stereocenters. The molecule has 0 radical (unpaired) electrons. The van der Waals surface area contributed by atoms with E-state index >= 15 is 0 Å². The largest absolute Gasteiger partial charge is 0.493 e. The van der Waals surface area contributed by atoms with Crippen LogP contribution in [0.1, 0.15) is 17.0 Å². The van der Waals surface area contributed by atoms with Gasteiger partial charge < -0.3 is 14.3 Å². The van der Waals surface area contributed by atoms with Crippen LogP contribution in [0, 0.1) is 6.92 Å². The van der Waals surface area contributed by atoms with Gasteiger partial charge in [-0.15, -0.1) is 0 Å². The zero-order chi connectivity index (χ0) is 17.5. The van der Waals surface area contributed by atoms with E-state index < -0.39 is 0 Å². The van der Waals surface area contributed by atoms with E-state index in [9.17, 15) is 0 Å². The number of nitrogens with zero attached hydrogens (tertiary/aromatic N) is 1. The van der Waals surface area contributed by atoms with Gasteiger partial charge in [0.1, 0.15) is 11.5 Å². The number of aryl methyl sites for hydroxylation is 1. The normalized spacial score (nSPS) is 11.1. The minimum absolute atomic E-state index is 0.0419. The van der Waals surface area contributed by atoms with E-state index in [0.717, 1.165) is 28.3 Å². The van der Waals surface area contributed by atoms with Crippen LogP contribution in [-0.2, 0) is 6.42 Å². The lowest BCUT2D eigenvalue weighted by molar-refractivity contribution is 0.320. The number of oxazole rings is 1. The first kappa shape index (κ1) is 17.0. The van der Waals surface area contributed by atoms with Crippen LogP contribution in [0.15, 0.2) is 65.1 Å². The van der Waals surface area contributed by atoms with Gasteiger partial charge in [0.15, 0.2) is 0 Å². The lowest BCUT2D eigenvalue weighted by Gasteiger charge is -2.05. The van der Waals surface area contributed by atoms with Crippen LogP contribution in [0.4, 0.5) is 0 Å². The Bertz CT molecular complexity index is 820. The van der Waals surface area contributed by atoms with Gasteiger partial charge in [-0.2, -0.15) is 0 Å². The number of aromatic nitrogens is 1. The highest BCUT2D eigenvalue weighted by atomic mass is 16.5. The summed E-state index contributed by atoms with van der Waals surface area (Å²) in [5, 5.41) is 8.78. The number of aliphatic hydroxyl groups is 1. The third-order valence-electron chi connectivity index (χ3n) is 3.82. The first-order valence-corrected chi connectivity index (χ1v) is 8.28. The average Bonchev–Trinajstić information content (AvgIpc) is 3.03. The second-order valence-electron chi connectivity index (χ2n) is 5.64. The van der Waals surface area contributed by atoms with Crippen LogP contribution in [0.25, 0.3) is 17.5 Å². The van der Waals surface area contributed by atoms with Crippen molar-refractivity contribution < 1.29 is 14.3 Å². The van der Waals surface area contributed by atoms with Gasteiger partial charge in [0, 0.05) is 12.0 Å². The van der Waals surface area contributed by atoms with Crippen LogP contribution >= 0.6 is 0 Å². The molecular formula is C21H21NO3. The van der Waals surface area contributed by atoms with E-state index in [1.807, 2.05) is 67.6 Å². The van der Waals surface area contributed by atoms with Gasteiger partial charge in [-0.05, 0) is 36.8 Å². The number of hydrogen-bond acceptors (Lipinski definition) is 4. The van der Waals surface area contributed by atoms with E-state index in [-0.39, 0.29) is 6.61 Å². The topological polar surface area (TPSA) is 55.5 Å². The molecule has 25 heavy (non-hydrogen) atoms. The highest BCUT2D eigenvalue weighted by molar-refractivity contribution is 5.53. The molecule has 3 aromatic rings. The second-order valence-corrected chi connectivity index (χ2v) is 5.64. The van der Waals surface area contributed by atoms with E-state index in [4.69, 9.17) is 14.3 Å². The molecule has 128 valence electrons. The van der Waals surface area contributed by atoms with Gasteiger partial charge in [-0.1, -0.05) is 42.5 Å². The van der Waals surface area contributed by atoms with Gasteiger partial charge in [0.05, 0.1) is 18.9 Å². The van der Waals surface area contributed by atoms with Crippen LogP contribution in [0.3, 0.4) is 0 Å². The summed E-state index contributed by atoms with van der Waals surface area (Å²) in [4.78, 5) is 4.58. The minimum atomic E-state index is 0.0419. The highest BCUT2D eigenvalue weighted by Crippen LogP contribution is 2.22. The first-order valence-electron chi connectivity index (χ1n) is 8.28. The number of rotatable bonds is 7. The Balaban J connectivity index is 1.57. The van der Waals surface area contributed by atoms with Gasteiger partial charge in [-0.3, -0.25) is 0 Å². The number of hydrogen-bond donors (Lipinski definition) is 1. The standard InChI is InChI=1S/C21H21NO3/c1-16-20(22-21(25-16)18-7-3-2-4-8-18)13-15-24-19-11-9-17(10-12-19)6-5-14-23/h2-12,23H,13-15H2,1H3. The van der Waals surface area contributed by atoms with Crippen molar-refractivity contribution in [2.75, 3.05) is 13.2 Å².